The highest BCUT2D eigenvalue weighted by atomic mass is 35.5. The third kappa shape index (κ3) is 4.81. The summed E-state index contributed by atoms with van der Waals surface area (Å²) in [5.41, 5.74) is 2.46. The third-order valence-corrected chi connectivity index (χ3v) is 7.15. The van der Waals surface area contributed by atoms with Gasteiger partial charge in [0.15, 0.2) is 5.70 Å². The highest BCUT2D eigenvalue weighted by molar-refractivity contribution is 7.92. The van der Waals surface area contributed by atoms with Crippen LogP contribution in [0.25, 0.3) is 6.08 Å². The molecule has 34 heavy (non-hydrogen) atoms. The van der Waals surface area contributed by atoms with Crippen LogP contribution in [0.2, 0.25) is 5.02 Å². The molecule has 0 bridgehead atoms. The molecule has 0 N–H and O–H groups in total. The number of cyclic esters (lactones) is 1. The molecule has 1 aliphatic heterocycles. The smallest absolute Gasteiger partial charge is 0.363 e. The lowest BCUT2D eigenvalue weighted by atomic mass is 10.1. The van der Waals surface area contributed by atoms with Crippen molar-refractivity contribution in [2.24, 2.45) is 4.99 Å². The summed E-state index contributed by atoms with van der Waals surface area (Å²) in [6, 6.07) is 20.2. The minimum absolute atomic E-state index is 0.0158. The van der Waals surface area contributed by atoms with E-state index in [0.29, 0.717) is 16.3 Å². The fourth-order valence-corrected chi connectivity index (χ4v) is 4.97. The van der Waals surface area contributed by atoms with Crippen LogP contribution in [0.3, 0.4) is 0 Å². The predicted octanol–water partition coefficient (Wildman–Crippen LogP) is 5.37. The molecule has 6 nitrogen and oxygen atoms in total. The van der Waals surface area contributed by atoms with Crippen LogP contribution in [0, 0.1) is 6.92 Å². The second-order valence-electron chi connectivity index (χ2n) is 7.54. The number of nitrogens with zero attached hydrogens (tertiary/aromatic N) is 2. The molecule has 0 radical (unpaired) electrons. The van der Waals surface area contributed by atoms with Crippen LogP contribution < -0.4 is 4.31 Å². The van der Waals surface area contributed by atoms with Crippen LogP contribution in [-0.4, -0.2) is 26.8 Å². The Morgan fingerprint density at radius 3 is 2.38 bits per heavy atom. The molecule has 172 valence electrons. The van der Waals surface area contributed by atoms with Gasteiger partial charge >= 0.3 is 5.97 Å². The van der Waals surface area contributed by atoms with E-state index in [9.17, 15) is 13.2 Å². The first-order valence-corrected chi connectivity index (χ1v) is 12.2. The fraction of sp³-hybridized carbons (Fsp3) is 0.0769. The fourth-order valence-electron chi connectivity index (χ4n) is 3.39. The number of rotatable bonds is 7. The van der Waals surface area contributed by atoms with Crippen molar-refractivity contribution < 1.29 is 17.9 Å². The first-order valence-electron chi connectivity index (χ1n) is 10.4. The Balaban J connectivity index is 1.77. The van der Waals surface area contributed by atoms with Gasteiger partial charge in [-0.25, -0.2) is 18.2 Å². The molecule has 3 aromatic rings. The number of benzene rings is 3. The summed E-state index contributed by atoms with van der Waals surface area (Å²) in [6.07, 6.45) is 3.08. The van der Waals surface area contributed by atoms with Gasteiger partial charge in [-0.1, -0.05) is 59.6 Å². The second-order valence-corrected chi connectivity index (χ2v) is 9.84. The number of esters is 1. The Bertz CT molecular complexity index is 1410. The van der Waals surface area contributed by atoms with E-state index in [0.717, 1.165) is 11.1 Å². The summed E-state index contributed by atoms with van der Waals surface area (Å²) in [6.45, 7) is 5.61. The molecule has 8 heteroatoms. The minimum atomic E-state index is -3.93. The van der Waals surface area contributed by atoms with E-state index < -0.39 is 16.0 Å². The minimum Gasteiger partial charge on any atom is -0.402 e. The van der Waals surface area contributed by atoms with E-state index in [1.165, 1.54) is 10.4 Å². The average Bonchev–Trinajstić information content (AvgIpc) is 3.19. The number of ether oxygens (including phenoxy) is 1. The molecule has 0 fully saturated rings. The van der Waals surface area contributed by atoms with E-state index >= 15 is 0 Å². The molecule has 0 amide bonds. The van der Waals surface area contributed by atoms with Gasteiger partial charge < -0.3 is 4.74 Å². The number of aryl methyl sites for hydroxylation is 1. The van der Waals surface area contributed by atoms with Crippen molar-refractivity contribution in [3.63, 3.8) is 0 Å². The van der Waals surface area contributed by atoms with E-state index in [1.54, 1.807) is 78.9 Å². The Labute approximate surface area is 203 Å². The number of sulfonamides is 1. The van der Waals surface area contributed by atoms with Crippen molar-refractivity contribution in [2.75, 3.05) is 10.8 Å². The molecule has 0 aliphatic carbocycles. The highest BCUT2D eigenvalue weighted by Gasteiger charge is 2.31. The molecular weight excluding hydrogens is 472 g/mol. The molecule has 0 unspecified atom stereocenters. The molecular formula is C26H21ClN2O4S. The molecule has 1 aliphatic rings. The van der Waals surface area contributed by atoms with Gasteiger partial charge in [-0.3, -0.25) is 4.31 Å². The number of carbonyl (C=O) groups excluding carboxylic acids is 1. The summed E-state index contributed by atoms with van der Waals surface area (Å²) in [5, 5.41) is 0.575. The maximum Gasteiger partial charge on any atom is 0.363 e. The zero-order valence-corrected chi connectivity index (χ0v) is 19.9. The van der Waals surface area contributed by atoms with Gasteiger partial charge in [0.1, 0.15) is 0 Å². The molecule has 4 rings (SSSR count). The maximum atomic E-state index is 13.5. The number of halogens is 1. The Morgan fingerprint density at radius 2 is 1.71 bits per heavy atom. The van der Waals surface area contributed by atoms with Gasteiger partial charge in [-0.15, -0.1) is 6.58 Å². The van der Waals surface area contributed by atoms with Gasteiger partial charge in [-0.05, 0) is 55.0 Å². The molecule has 3 aromatic carbocycles. The molecule has 0 saturated carbocycles. The molecule has 0 atom stereocenters. The van der Waals surface area contributed by atoms with Gasteiger partial charge in [0.25, 0.3) is 10.0 Å². The van der Waals surface area contributed by atoms with E-state index in [4.69, 9.17) is 16.3 Å². The third-order valence-electron chi connectivity index (χ3n) is 5.10. The lowest BCUT2D eigenvalue weighted by molar-refractivity contribution is -0.129. The Kier molecular flexibility index (Phi) is 6.68. The van der Waals surface area contributed by atoms with Crippen molar-refractivity contribution >= 4 is 45.3 Å². The number of aliphatic imine (C=N–C) groups is 1. The molecule has 1 heterocycles. The lowest BCUT2D eigenvalue weighted by Gasteiger charge is -2.25. The van der Waals surface area contributed by atoms with Gasteiger partial charge in [0, 0.05) is 5.02 Å². The normalized spacial score (nSPS) is 14.6. The topological polar surface area (TPSA) is 76.0 Å². The first kappa shape index (κ1) is 23.5. The number of hydrogen-bond donors (Lipinski definition) is 0. The van der Waals surface area contributed by atoms with Crippen LogP contribution in [-0.2, 0) is 19.6 Å². The SMILES string of the molecule is C=CCN(c1ccccc1C1=NC(=Cc2ccc(Cl)cc2)C(=O)O1)S(=O)(=O)c1ccc(C)cc1. The van der Waals surface area contributed by atoms with E-state index in [-0.39, 0.29) is 23.0 Å². The highest BCUT2D eigenvalue weighted by Crippen LogP contribution is 2.30. The molecule has 0 saturated heterocycles. The van der Waals surface area contributed by atoms with Crippen LogP contribution in [0.5, 0.6) is 0 Å². The summed E-state index contributed by atoms with van der Waals surface area (Å²) in [5.74, 6) is -0.606. The van der Waals surface area contributed by atoms with Crippen LogP contribution >= 0.6 is 11.6 Å². The van der Waals surface area contributed by atoms with Crippen LogP contribution in [0.15, 0.2) is 101 Å². The Hall–Kier alpha value is -3.68. The summed E-state index contributed by atoms with van der Waals surface area (Å²) in [4.78, 5) is 17.0. The molecule has 0 aromatic heterocycles. The molecule has 0 spiro atoms. The van der Waals surface area contributed by atoms with Gasteiger partial charge in [0.05, 0.1) is 22.7 Å². The van der Waals surface area contributed by atoms with Crippen LogP contribution in [0.4, 0.5) is 5.69 Å². The number of anilines is 1. The van der Waals surface area contributed by atoms with Gasteiger partial charge in [0.2, 0.25) is 5.90 Å². The zero-order chi connectivity index (χ0) is 24.3. The van der Waals surface area contributed by atoms with Crippen LogP contribution in [0.1, 0.15) is 16.7 Å². The summed E-state index contributed by atoms with van der Waals surface area (Å²) < 4.78 is 33.7. The number of carbonyl (C=O) groups is 1. The second kappa shape index (κ2) is 9.67. The van der Waals surface area contributed by atoms with Crippen molar-refractivity contribution in [3.8, 4) is 0 Å². The summed E-state index contributed by atoms with van der Waals surface area (Å²) in [7, 11) is -3.93. The maximum absolute atomic E-state index is 13.5. The predicted molar refractivity (Wildman–Crippen MR) is 134 cm³/mol. The largest absolute Gasteiger partial charge is 0.402 e. The van der Waals surface area contributed by atoms with E-state index in [2.05, 4.69) is 11.6 Å². The lowest BCUT2D eigenvalue weighted by Crippen LogP contribution is -2.32. The number of hydrogen-bond acceptors (Lipinski definition) is 5. The van der Waals surface area contributed by atoms with Crippen molar-refractivity contribution in [1.29, 1.82) is 0 Å². The summed E-state index contributed by atoms with van der Waals surface area (Å²) >= 11 is 5.92. The Morgan fingerprint density at radius 1 is 1.03 bits per heavy atom. The quantitative estimate of drug-likeness (QED) is 0.252. The number of para-hydroxylation sites is 1. The van der Waals surface area contributed by atoms with Crippen molar-refractivity contribution in [3.05, 3.63) is 113 Å². The standard InChI is InChI=1S/C26H21ClN2O4S/c1-3-16-29(34(31,32)21-14-8-18(2)9-15-21)24-7-5-4-6-22(24)25-28-23(26(30)33-25)17-19-10-12-20(27)13-11-19/h3-15,17H,1,16H2,2H3. The monoisotopic (exact) mass is 492 g/mol. The zero-order valence-electron chi connectivity index (χ0n) is 18.3. The van der Waals surface area contributed by atoms with Crippen molar-refractivity contribution in [1.82, 2.24) is 0 Å². The van der Waals surface area contributed by atoms with E-state index in [1.807, 2.05) is 6.92 Å². The first-order chi connectivity index (χ1) is 16.3. The average molecular weight is 493 g/mol. The van der Waals surface area contributed by atoms with Gasteiger partial charge in [-0.2, -0.15) is 0 Å². The van der Waals surface area contributed by atoms with Crippen molar-refractivity contribution in [2.45, 2.75) is 11.8 Å².